The zero-order valence-corrected chi connectivity index (χ0v) is 26.2. The number of nitrogens with zero attached hydrogens (tertiary/aromatic N) is 4. The minimum atomic E-state index is 0.501. The maximum Gasteiger partial charge on any atom is 0.127 e. The van der Waals surface area contributed by atoms with Gasteiger partial charge in [0, 0.05) is 46.3 Å². The fourth-order valence-electron chi connectivity index (χ4n) is 6.24. The van der Waals surface area contributed by atoms with Crippen LogP contribution in [0.3, 0.4) is 0 Å². The zero-order chi connectivity index (χ0) is 30.3. The first kappa shape index (κ1) is 30.0. The number of hydrogen-bond donors (Lipinski definition) is 1. The van der Waals surface area contributed by atoms with Crippen molar-refractivity contribution in [2.45, 2.75) is 64.2 Å². The van der Waals surface area contributed by atoms with Crippen LogP contribution >= 0.6 is 11.6 Å². The molecule has 2 aromatic heterocycles. The maximum absolute atomic E-state index is 9.26. The lowest BCUT2D eigenvalue weighted by Gasteiger charge is -2.31. The number of halogens is 1. The molecule has 7 heteroatoms. The van der Waals surface area contributed by atoms with Crippen molar-refractivity contribution in [2.75, 3.05) is 19.6 Å². The Morgan fingerprint density at radius 2 is 1.70 bits per heavy atom. The van der Waals surface area contributed by atoms with Gasteiger partial charge in [0.15, 0.2) is 0 Å². The molecule has 5 aromatic rings. The molecule has 1 aliphatic rings. The molecule has 3 aromatic carbocycles. The van der Waals surface area contributed by atoms with E-state index < -0.39 is 0 Å². The van der Waals surface area contributed by atoms with Crippen LogP contribution in [0.1, 0.15) is 74.0 Å². The molecule has 0 unspecified atom stereocenters. The number of rotatable bonds is 12. The van der Waals surface area contributed by atoms with Crippen molar-refractivity contribution in [1.82, 2.24) is 19.4 Å². The standard InChI is InChI=1S/C37H40ClN5O/c1-2-3-7-37-41-36(26-43(37)31-11-15-33(16-12-31)44-32-13-9-30(38)10-14-32)28-18-21-42(22-19-28)20-5-4-6-29-25-40-35-17-8-27(24-39)23-34(29)35/h8-17,23,25-26,28,40H,2-7,18-22H2,1H3. The van der Waals surface area contributed by atoms with Gasteiger partial charge in [-0.3, -0.25) is 0 Å². The lowest BCUT2D eigenvalue weighted by Crippen LogP contribution is -2.33. The van der Waals surface area contributed by atoms with Gasteiger partial charge in [-0.05, 0) is 130 Å². The van der Waals surface area contributed by atoms with Crippen molar-refractivity contribution in [3.63, 3.8) is 0 Å². The molecule has 0 aliphatic carbocycles. The van der Waals surface area contributed by atoms with Crippen molar-refractivity contribution in [1.29, 1.82) is 5.26 Å². The Morgan fingerprint density at radius 3 is 2.43 bits per heavy atom. The number of ether oxygens (including phenoxy) is 1. The maximum atomic E-state index is 9.26. The Labute approximate surface area is 265 Å². The van der Waals surface area contributed by atoms with E-state index in [1.54, 1.807) is 0 Å². The molecule has 44 heavy (non-hydrogen) atoms. The highest BCUT2D eigenvalue weighted by molar-refractivity contribution is 6.30. The smallest absolute Gasteiger partial charge is 0.127 e. The molecule has 1 N–H and O–H groups in total. The molecule has 0 saturated carbocycles. The number of imidazole rings is 1. The molecule has 226 valence electrons. The van der Waals surface area contributed by atoms with Crippen LogP contribution in [-0.2, 0) is 12.8 Å². The Balaban J connectivity index is 1.03. The van der Waals surface area contributed by atoms with Crippen LogP contribution < -0.4 is 4.74 Å². The topological polar surface area (TPSA) is 69.9 Å². The highest BCUT2D eigenvalue weighted by Gasteiger charge is 2.24. The number of H-pyrrole nitrogens is 1. The van der Waals surface area contributed by atoms with Gasteiger partial charge in [0.1, 0.15) is 17.3 Å². The number of fused-ring (bicyclic) bond motifs is 1. The molecule has 0 bridgehead atoms. The first-order valence-corrected chi connectivity index (χ1v) is 16.3. The van der Waals surface area contributed by atoms with Crippen LogP contribution in [0.25, 0.3) is 16.6 Å². The highest BCUT2D eigenvalue weighted by atomic mass is 35.5. The van der Waals surface area contributed by atoms with E-state index in [9.17, 15) is 5.26 Å². The SMILES string of the molecule is CCCCc1nc(C2CCN(CCCCc3c[nH]c4ccc(C#N)cc34)CC2)cn1-c1ccc(Oc2ccc(Cl)cc2)cc1. The lowest BCUT2D eigenvalue weighted by atomic mass is 9.94. The van der Waals surface area contributed by atoms with E-state index in [0.717, 1.165) is 98.7 Å². The van der Waals surface area contributed by atoms with Gasteiger partial charge < -0.3 is 19.2 Å². The van der Waals surface area contributed by atoms with Crippen LogP contribution in [-0.4, -0.2) is 39.1 Å². The van der Waals surface area contributed by atoms with Gasteiger partial charge in [-0.2, -0.15) is 5.26 Å². The number of aryl methyl sites for hydroxylation is 2. The van der Waals surface area contributed by atoms with Crippen molar-refractivity contribution >= 4 is 22.5 Å². The second-order valence-corrected chi connectivity index (χ2v) is 12.3. The van der Waals surface area contributed by atoms with Crippen molar-refractivity contribution in [3.05, 3.63) is 107 Å². The molecule has 0 atom stereocenters. The molecular formula is C37H40ClN5O. The Morgan fingerprint density at radius 1 is 0.955 bits per heavy atom. The summed E-state index contributed by atoms with van der Waals surface area (Å²) < 4.78 is 8.29. The van der Waals surface area contributed by atoms with E-state index in [1.165, 1.54) is 23.1 Å². The van der Waals surface area contributed by atoms with E-state index in [0.29, 0.717) is 10.9 Å². The van der Waals surface area contributed by atoms with Gasteiger partial charge in [0.25, 0.3) is 0 Å². The van der Waals surface area contributed by atoms with Gasteiger partial charge in [-0.15, -0.1) is 0 Å². The number of unbranched alkanes of at least 4 members (excludes halogenated alkanes) is 2. The molecule has 3 heterocycles. The van der Waals surface area contributed by atoms with E-state index >= 15 is 0 Å². The third-order valence-corrected chi connectivity index (χ3v) is 9.04. The largest absolute Gasteiger partial charge is 0.457 e. The monoisotopic (exact) mass is 605 g/mol. The summed E-state index contributed by atoms with van der Waals surface area (Å²) in [6.07, 6.45) is 13.3. The summed E-state index contributed by atoms with van der Waals surface area (Å²) in [5.74, 6) is 3.22. The summed E-state index contributed by atoms with van der Waals surface area (Å²) in [7, 11) is 0. The van der Waals surface area contributed by atoms with Crippen LogP contribution in [0.5, 0.6) is 11.5 Å². The third kappa shape index (κ3) is 7.18. The summed E-state index contributed by atoms with van der Waals surface area (Å²) in [5, 5.41) is 11.1. The normalized spacial score (nSPS) is 14.2. The molecule has 0 amide bonds. The van der Waals surface area contributed by atoms with Gasteiger partial charge in [-0.25, -0.2) is 4.98 Å². The van der Waals surface area contributed by atoms with Crippen molar-refractivity contribution in [3.8, 4) is 23.3 Å². The van der Waals surface area contributed by atoms with E-state index in [-0.39, 0.29) is 0 Å². The number of aromatic nitrogens is 3. The Bertz CT molecular complexity index is 1710. The second kappa shape index (κ2) is 14.2. The van der Waals surface area contributed by atoms with Gasteiger partial charge in [0.05, 0.1) is 17.3 Å². The van der Waals surface area contributed by atoms with E-state index in [4.69, 9.17) is 21.3 Å². The minimum absolute atomic E-state index is 0.501. The second-order valence-electron chi connectivity index (χ2n) is 11.9. The van der Waals surface area contributed by atoms with Crippen LogP contribution in [0.4, 0.5) is 0 Å². The Hall–Kier alpha value is -4.05. The molecule has 6 rings (SSSR count). The number of nitrogens with one attached hydrogen (secondary N) is 1. The average molecular weight is 606 g/mol. The molecule has 1 saturated heterocycles. The summed E-state index contributed by atoms with van der Waals surface area (Å²) in [4.78, 5) is 11.2. The number of piperidine rings is 1. The molecular weight excluding hydrogens is 566 g/mol. The number of benzene rings is 3. The van der Waals surface area contributed by atoms with E-state index in [1.807, 2.05) is 54.6 Å². The zero-order valence-electron chi connectivity index (χ0n) is 25.4. The molecule has 1 aliphatic heterocycles. The van der Waals surface area contributed by atoms with E-state index in [2.05, 4.69) is 52.0 Å². The fourth-order valence-corrected chi connectivity index (χ4v) is 6.37. The minimum Gasteiger partial charge on any atom is -0.457 e. The number of likely N-dealkylation sites (tertiary alicyclic amines) is 1. The summed E-state index contributed by atoms with van der Waals surface area (Å²) in [6.45, 7) is 5.62. The van der Waals surface area contributed by atoms with Gasteiger partial charge >= 0.3 is 0 Å². The lowest BCUT2D eigenvalue weighted by molar-refractivity contribution is 0.207. The van der Waals surface area contributed by atoms with Crippen molar-refractivity contribution in [2.24, 2.45) is 0 Å². The van der Waals surface area contributed by atoms with Gasteiger partial charge in [0.2, 0.25) is 0 Å². The first-order valence-electron chi connectivity index (χ1n) is 15.9. The predicted octanol–water partition coefficient (Wildman–Crippen LogP) is 9.22. The number of hydrogen-bond acceptors (Lipinski definition) is 4. The first-order chi connectivity index (χ1) is 21.6. The molecule has 6 nitrogen and oxygen atoms in total. The van der Waals surface area contributed by atoms with Crippen LogP contribution in [0, 0.1) is 11.3 Å². The molecule has 1 fully saturated rings. The number of aromatic amines is 1. The summed E-state index contributed by atoms with van der Waals surface area (Å²) >= 11 is 6.01. The summed E-state index contributed by atoms with van der Waals surface area (Å²) in [6, 6.07) is 23.9. The quantitative estimate of drug-likeness (QED) is 0.144. The van der Waals surface area contributed by atoms with Crippen LogP contribution in [0.15, 0.2) is 79.1 Å². The average Bonchev–Trinajstić information content (AvgIpc) is 3.68. The van der Waals surface area contributed by atoms with Crippen LogP contribution in [0.2, 0.25) is 5.02 Å². The van der Waals surface area contributed by atoms with Crippen molar-refractivity contribution < 1.29 is 4.74 Å². The highest BCUT2D eigenvalue weighted by Crippen LogP contribution is 2.30. The number of nitriles is 1. The third-order valence-electron chi connectivity index (χ3n) is 8.79. The molecule has 0 spiro atoms. The fraction of sp³-hybridized carbons (Fsp3) is 0.351. The summed E-state index contributed by atoms with van der Waals surface area (Å²) in [5.41, 5.74) is 5.50. The predicted molar refractivity (Wildman–Crippen MR) is 178 cm³/mol. The Kier molecular flexibility index (Phi) is 9.65. The van der Waals surface area contributed by atoms with Gasteiger partial charge in [-0.1, -0.05) is 24.9 Å². The molecule has 0 radical (unpaired) electrons.